The lowest BCUT2D eigenvalue weighted by atomic mass is 10.2. The minimum absolute atomic E-state index is 0.166. The molecule has 1 amide bonds. The average molecular weight is 415 g/mol. The van der Waals surface area contributed by atoms with Crippen LogP contribution in [0.1, 0.15) is 0 Å². The van der Waals surface area contributed by atoms with Gasteiger partial charge in [0.25, 0.3) is 0 Å². The highest BCUT2D eigenvalue weighted by Crippen LogP contribution is 2.40. The van der Waals surface area contributed by atoms with Gasteiger partial charge in [0.15, 0.2) is 22.5 Å². The molecular formula is C19H21N5O4S. The van der Waals surface area contributed by atoms with E-state index in [0.717, 1.165) is 5.56 Å². The van der Waals surface area contributed by atoms with E-state index >= 15 is 0 Å². The highest BCUT2D eigenvalue weighted by atomic mass is 32.2. The summed E-state index contributed by atoms with van der Waals surface area (Å²) in [6.07, 6.45) is 3.39. The van der Waals surface area contributed by atoms with E-state index < -0.39 is 0 Å². The molecule has 1 N–H and O–H groups in total. The molecule has 3 rings (SSSR count). The summed E-state index contributed by atoms with van der Waals surface area (Å²) in [6.45, 7) is 0. The summed E-state index contributed by atoms with van der Waals surface area (Å²) >= 11 is 1.29. The van der Waals surface area contributed by atoms with Crippen molar-refractivity contribution in [1.82, 2.24) is 19.7 Å². The molecule has 29 heavy (non-hydrogen) atoms. The number of rotatable bonds is 8. The van der Waals surface area contributed by atoms with Gasteiger partial charge < -0.3 is 24.1 Å². The fourth-order valence-electron chi connectivity index (χ4n) is 2.67. The highest BCUT2D eigenvalue weighted by Gasteiger charge is 2.16. The topological polar surface area (TPSA) is 100 Å². The van der Waals surface area contributed by atoms with E-state index in [1.165, 1.54) is 33.1 Å². The molecule has 0 aliphatic carbocycles. The lowest BCUT2D eigenvalue weighted by Gasteiger charge is -2.14. The Kier molecular flexibility index (Phi) is 6.55. The average Bonchev–Trinajstić information content (AvgIpc) is 3.12. The van der Waals surface area contributed by atoms with Crippen LogP contribution in [0.15, 0.2) is 41.8 Å². The van der Waals surface area contributed by atoms with E-state index in [0.29, 0.717) is 33.9 Å². The second-order valence-corrected chi connectivity index (χ2v) is 6.79. The van der Waals surface area contributed by atoms with Crippen LogP contribution < -0.4 is 19.5 Å². The van der Waals surface area contributed by atoms with Gasteiger partial charge in [-0.05, 0) is 12.1 Å². The zero-order valence-electron chi connectivity index (χ0n) is 16.5. The minimum Gasteiger partial charge on any atom is -0.493 e. The number of hydrogen-bond acceptors (Lipinski definition) is 8. The number of pyridine rings is 1. The quantitative estimate of drug-likeness (QED) is 0.561. The van der Waals surface area contributed by atoms with Gasteiger partial charge in [0.1, 0.15) is 0 Å². The van der Waals surface area contributed by atoms with E-state index in [4.69, 9.17) is 14.2 Å². The first kappa shape index (κ1) is 20.5. The third kappa shape index (κ3) is 4.60. The monoisotopic (exact) mass is 415 g/mol. The maximum absolute atomic E-state index is 12.4. The SMILES string of the molecule is COc1cc(NC(=O)CSc2nnc(-c3ccncc3)n2C)cc(OC)c1OC. The predicted molar refractivity (Wildman–Crippen MR) is 110 cm³/mol. The van der Waals surface area contributed by atoms with Crippen LogP contribution in [0, 0.1) is 0 Å². The van der Waals surface area contributed by atoms with Crippen LogP contribution in [0.3, 0.4) is 0 Å². The molecule has 2 heterocycles. The number of nitrogens with one attached hydrogen (secondary N) is 1. The molecule has 0 radical (unpaired) electrons. The normalized spacial score (nSPS) is 10.5. The Bertz CT molecular complexity index is 969. The Labute approximate surface area is 172 Å². The van der Waals surface area contributed by atoms with Gasteiger partial charge in [-0.3, -0.25) is 9.78 Å². The largest absolute Gasteiger partial charge is 0.493 e. The molecule has 1 aromatic carbocycles. The van der Waals surface area contributed by atoms with Crippen molar-refractivity contribution in [3.8, 4) is 28.6 Å². The molecule has 0 aliphatic heterocycles. The number of amides is 1. The number of thioether (sulfide) groups is 1. The number of benzene rings is 1. The van der Waals surface area contributed by atoms with Gasteiger partial charge in [0, 0.05) is 42.8 Å². The highest BCUT2D eigenvalue weighted by molar-refractivity contribution is 7.99. The lowest BCUT2D eigenvalue weighted by Crippen LogP contribution is -2.14. The van der Waals surface area contributed by atoms with E-state index in [-0.39, 0.29) is 11.7 Å². The summed E-state index contributed by atoms with van der Waals surface area (Å²) in [7, 11) is 6.42. The van der Waals surface area contributed by atoms with Gasteiger partial charge in [-0.15, -0.1) is 10.2 Å². The summed E-state index contributed by atoms with van der Waals surface area (Å²) in [5.74, 6) is 2.07. The van der Waals surface area contributed by atoms with Crippen LogP contribution in [0.25, 0.3) is 11.4 Å². The Balaban J connectivity index is 1.67. The third-order valence-corrected chi connectivity index (χ3v) is 5.07. The second kappa shape index (κ2) is 9.28. The number of ether oxygens (including phenoxy) is 3. The summed E-state index contributed by atoms with van der Waals surface area (Å²) < 4.78 is 17.7. The molecule has 152 valence electrons. The maximum atomic E-state index is 12.4. The first-order chi connectivity index (χ1) is 14.1. The number of aromatic nitrogens is 4. The first-order valence-electron chi connectivity index (χ1n) is 8.59. The Hall–Kier alpha value is -3.27. The number of methoxy groups -OCH3 is 3. The number of nitrogens with zero attached hydrogens (tertiary/aromatic N) is 4. The van der Waals surface area contributed by atoms with Gasteiger partial charge in [-0.25, -0.2) is 0 Å². The predicted octanol–water partition coefficient (Wildman–Crippen LogP) is 2.63. The van der Waals surface area contributed by atoms with Crippen LogP contribution in [0.2, 0.25) is 0 Å². The minimum atomic E-state index is -0.197. The molecule has 0 unspecified atom stereocenters. The van der Waals surface area contributed by atoms with Crippen LogP contribution in [0.4, 0.5) is 5.69 Å². The zero-order chi connectivity index (χ0) is 20.8. The molecular weight excluding hydrogens is 394 g/mol. The zero-order valence-corrected chi connectivity index (χ0v) is 17.3. The van der Waals surface area contributed by atoms with E-state index in [2.05, 4.69) is 20.5 Å². The molecule has 2 aromatic heterocycles. The van der Waals surface area contributed by atoms with Gasteiger partial charge >= 0.3 is 0 Å². The second-order valence-electron chi connectivity index (χ2n) is 5.85. The fraction of sp³-hybridized carbons (Fsp3) is 0.263. The van der Waals surface area contributed by atoms with Crippen molar-refractivity contribution >= 4 is 23.4 Å². The number of hydrogen-bond donors (Lipinski definition) is 1. The molecule has 0 saturated heterocycles. The van der Waals surface area contributed by atoms with Crippen LogP contribution in [-0.2, 0) is 11.8 Å². The van der Waals surface area contributed by atoms with Gasteiger partial charge in [0.2, 0.25) is 11.7 Å². The van der Waals surface area contributed by atoms with Gasteiger partial charge in [-0.2, -0.15) is 0 Å². The molecule has 9 nitrogen and oxygen atoms in total. The standard InChI is InChI=1S/C19H21N5O4S/c1-24-18(12-5-7-20-8-6-12)22-23-19(24)29-11-16(25)21-13-9-14(26-2)17(28-4)15(10-13)27-3/h5-10H,11H2,1-4H3,(H,21,25). The van der Waals surface area contributed by atoms with Crippen LogP contribution >= 0.6 is 11.8 Å². The lowest BCUT2D eigenvalue weighted by molar-refractivity contribution is -0.113. The van der Waals surface area contributed by atoms with Crippen molar-refractivity contribution in [3.63, 3.8) is 0 Å². The molecule has 3 aromatic rings. The molecule has 0 atom stereocenters. The van der Waals surface area contributed by atoms with Gasteiger partial charge in [0.05, 0.1) is 27.1 Å². The van der Waals surface area contributed by atoms with Crippen molar-refractivity contribution in [2.45, 2.75) is 5.16 Å². The number of carbonyl (C=O) groups is 1. The summed E-state index contributed by atoms with van der Waals surface area (Å²) in [5.41, 5.74) is 1.45. The number of carbonyl (C=O) groups excluding carboxylic acids is 1. The molecule has 0 aliphatic rings. The van der Waals surface area contributed by atoms with Crippen molar-refractivity contribution in [2.24, 2.45) is 7.05 Å². The molecule has 10 heteroatoms. The first-order valence-corrected chi connectivity index (χ1v) is 9.58. The van der Waals surface area contributed by atoms with E-state index in [1.807, 2.05) is 23.7 Å². The van der Waals surface area contributed by atoms with Crippen molar-refractivity contribution in [1.29, 1.82) is 0 Å². The third-order valence-electron chi connectivity index (χ3n) is 4.05. The Morgan fingerprint density at radius 2 is 1.72 bits per heavy atom. The Morgan fingerprint density at radius 3 is 2.31 bits per heavy atom. The summed E-state index contributed by atoms with van der Waals surface area (Å²) in [4.78, 5) is 16.4. The van der Waals surface area contributed by atoms with Gasteiger partial charge in [-0.1, -0.05) is 11.8 Å². The molecule has 0 saturated carbocycles. The van der Waals surface area contributed by atoms with Crippen LogP contribution in [0.5, 0.6) is 17.2 Å². The van der Waals surface area contributed by atoms with Crippen molar-refractivity contribution in [3.05, 3.63) is 36.7 Å². The molecule has 0 fully saturated rings. The fourth-order valence-corrected chi connectivity index (χ4v) is 3.38. The molecule has 0 bridgehead atoms. The summed E-state index contributed by atoms with van der Waals surface area (Å²) in [5, 5.41) is 11.8. The smallest absolute Gasteiger partial charge is 0.234 e. The Morgan fingerprint density at radius 1 is 1.07 bits per heavy atom. The van der Waals surface area contributed by atoms with Crippen molar-refractivity contribution < 1.29 is 19.0 Å². The summed E-state index contributed by atoms with van der Waals surface area (Å²) in [6, 6.07) is 7.06. The van der Waals surface area contributed by atoms with E-state index in [9.17, 15) is 4.79 Å². The number of anilines is 1. The van der Waals surface area contributed by atoms with Crippen LogP contribution in [-0.4, -0.2) is 52.7 Å². The maximum Gasteiger partial charge on any atom is 0.234 e. The van der Waals surface area contributed by atoms with Crippen molar-refractivity contribution in [2.75, 3.05) is 32.4 Å². The molecule has 0 spiro atoms. The van der Waals surface area contributed by atoms with E-state index in [1.54, 1.807) is 24.5 Å².